The number of amides is 1. The smallest absolute Gasteiger partial charge is 0.253 e. The maximum absolute atomic E-state index is 13.8. The first-order chi connectivity index (χ1) is 16.3. The van der Waals surface area contributed by atoms with Crippen LogP contribution in [-0.2, 0) is 21.4 Å². The molecule has 0 N–H and O–H groups in total. The van der Waals surface area contributed by atoms with Crippen molar-refractivity contribution in [3.63, 3.8) is 0 Å². The van der Waals surface area contributed by atoms with Gasteiger partial charge in [0.25, 0.3) is 10.0 Å². The number of carbonyl (C=O) groups excluding carboxylic acids is 1. The summed E-state index contributed by atoms with van der Waals surface area (Å²) in [5.74, 6) is -0.0119. The van der Waals surface area contributed by atoms with Crippen molar-refractivity contribution >= 4 is 27.3 Å². The molecule has 4 rings (SSSR count). The van der Waals surface area contributed by atoms with E-state index in [9.17, 15) is 17.6 Å². The number of nitrogens with zero attached hydrogens (tertiary/aromatic N) is 2. The zero-order valence-electron chi connectivity index (χ0n) is 18.8. The van der Waals surface area contributed by atoms with Crippen LogP contribution in [0.15, 0.2) is 82.4 Å². The summed E-state index contributed by atoms with van der Waals surface area (Å²) >= 11 is 1.12. The molecule has 0 fully saturated rings. The minimum Gasteiger partial charge on any atom is -0.497 e. The zero-order valence-corrected chi connectivity index (χ0v) is 20.4. The lowest BCUT2D eigenvalue weighted by Crippen LogP contribution is -2.51. The molecule has 2 heterocycles. The van der Waals surface area contributed by atoms with Crippen molar-refractivity contribution in [1.82, 2.24) is 9.21 Å². The summed E-state index contributed by atoms with van der Waals surface area (Å²) in [6, 6.07) is 15.2. The van der Waals surface area contributed by atoms with Gasteiger partial charge in [0, 0.05) is 13.1 Å². The van der Waals surface area contributed by atoms with Crippen molar-refractivity contribution in [2.24, 2.45) is 0 Å². The summed E-state index contributed by atoms with van der Waals surface area (Å²) in [6.07, 6.45) is 3.62. The highest BCUT2D eigenvalue weighted by atomic mass is 32.2. The van der Waals surface area contributed by atoms with Gasteiger partial charge in [-0.3, -0.25) is 4.79 Å². The number of rotatable bonds is 6. The van der Waals surface area contributed by atoms with Crippen LogP contribution in [0.4, 0.5) is 4.39 Å². The summed E-state index contributed by atoms with van der Waals surface area (Å²) < 4.78 is 46.7. The van der Waals surface area contributed by atoms with Gasteiger partial charge in [0.2, 0.25) is 5.91 Å². The molecule has 178 valence electrons. The van der Waals surface area contributed by atoms with E-state index < -0.39 is 22.1 Å². The topological polar surface area (TPSA) is 66.9 Å². The SMILES string of the molecule is COc1ccc([C@H]2/C=C\CN(S(=O)(=O)c3cccs3)[C@@H](C)C(=O)N2Cc2ccc(F)cc2)cc1. The largest absolute Gasteiger partial charge is 0.497 e. The molecular formula is C25H25FN2O4S2. The van der Waals surface area contributed by atoms with E-state index in [2.05, 4.69) is 0 Å². The van der Waals surface area contributed by atoms with Gasteiger partial charge in [0.15, 0.2) is 0 Å². The van der Waals surface area contributed by atoms with Crippen LogP contribution in [-0.4, -0.2) is 43.2 Å². The summed E-state index contributed by atoms with van der Waals surface area (Å²) in [5.41, 5.74) is 1.59. The van der Waals surface area contributed by atoms with Gasteiger partial charge in [-0.1, -0.05) is 42.5 Å². The quantitative estimate of drug-likeness (QED) is 0.464. The Labute approximate surface area is 202 Å². The maximum Gasteiger partial charge on any atom is 0.253 e. The van der Waals surface area contributed by atoms with E-state index in [1.165, 1.54) is 22.5 Å². The highest BCUT2D eigenvalue weighted by molar-refractivity contribution is 7.91. The molecule has 0 spiro atoms. The zero-order chi connectivity index (χ0) is 24.3. The summed E-state index contributed by atoms with van der Waals surface area (Å²) in [5, 5.41) is 1.69. The van der Waals surface area contributed by atoms with Crippen molar-refractivity contribution in [2.75, 3.05) is 13.7 Å². The monoisotopic (exact) mass is 500 g/mol. The van der Waals surface area contributed by atoms with Gasteiger partial charge in [-0.2, -0.15) is 4.31 Å². The molecule has 34 heavy (non-hydrogen) atoms. The highest BCUT2D eigenvalue weighted by Gasteiger charge is 2.38. The molecule has 0 unspecified atom stereocenters. The molecule has 2 aromatic carbocycles. The first-order valence-corrected chi connectivity index (χ1v) is 13.0. The molecule has 1 amide bonds. The third-order valence-corrected chi connectivity index (χ3v) is 9.10. The molecule has 0 saturated heterocycles. The van der Waals surface area contributed by atoms with Gasteiger partial charge < -0.3 is 9.64 Å². The fourth-order valence-corrected chi connectivity index (χ4v) is 6.60. The van der Waals surface area contributed by atoms with Crippen LogP contribution in [0.2, 0.25) is 0 Å². The van der Waals surface area contributed by atoms with Gasteiger partial charge in [-0.15, -0.1) is 11.3 Å². The van der Waals surface area contributed by atoms with Crippen LogP contribution in [0.5, 0.6) is 5.75 Å². The Kier molecular flexibility index (Phi) is 7.16. The predicted octanol–water partition coefficient (Wildman–Crippen LogP) is 4.61. The summed E-state index contributed by atoms with van der Waals surface area (Å²) in [4.78, 5) is 15.4. The minimum atomic E-state index is -3.85. The molecule has 1 aliphatic heterocycles. The molecule has 9 heteroatoms. The van der Waals surface area contributed by atoms with E-state index in [1.54, 1.807) is 48.6 Å². The average molecular weight is 501 g/mol. The van der Waals surface area contributed by atoms with E-state index in [1.807, 2.05) is 30.3 Å². The molecule has 3 aromatic rings. The third-order valence-electron chi connectivity index (χ3n) is 5.79. The highest BCUT2D eigenvalue weighted by Crippen LogP contribution is 2.31. The normalized spacial score (nSPS) is 20.6. The molecule has 0 saturated carbocycles. The number of methoxy groups -OCH3 is 1. The number of sulfonamides is 1. The fourth-order valence-electron chi connectivity index (χ4n) is 3.94. The second-order valence-electron chi connectivity index (χ2n) is 7.92. The van der Waals surface area contributed by atoms with Gasteiger partial charge in [-0.25, -0.2) is 12.8 Å². The average Bonchev–Trinajstić information content (AvgIpc) is 3.39. The van der Waals surface area contributed by atoms with Crippen molar-refractivity contribution in [2.45, 2.75) is 29.8 Å². The molecule has 1 aliphatic rings. The second kappa shape index (κ2) is 10.1. The summed E-state index contributed by atoms with van der Waals surface area (Å²) in [6.45, 7) is 1.87. The van der Waals surface area contributed by atoms with Crippen LogP contribution in [0, 0.1) is 5.82 Å². The lowest BCUT2D eigenvalue weighted by atomic mass is 10.0. The van der Waals surface area contributed by atoms with E-state index >= 15 is 0 Å². The number of hydrogen-bond acceptors (Lipinski definition) is 5. The third kappa shape index (κ3) is 4.91. The Hall–Kier alpha value is -3.01. The maximum atomic E-state index is 13.8. The molecule has 1 aromatic heterocycles. The molecule has 2 atom stereocenters. The van der Waals surface area contributed by atoms with Crippen molar-refractivity contribution < 1.29 is 22.3 Å². The van der Waals surface area contributed by atoms with Crippen LogP contribution < -0.4 is 4.74 Å². The van der Waals surface area contributed by atoms with Crippen molar-refractivity contribution in [1.29, 1.82) is 0 Å². The number of hydrogen-bond donors (Lipinski definition) is 0. The number of benzene rings is 2. The van der Waals surface area contributed by atoms with E-state index in [0.29, 0.717) is 5.75 Å². The van der Waals surface area contributed by atoms with Crippen LogP contribution in [0.25, 0.3) is 0 Å². The minimum absolute atomic E-state index is 0.0736. The fraction of sp³-hybridized carbons (Fsp3) is 0.240. The Bertz CT molecular complexity index is 1260. The Morgan fingerprint density at radius 2 is 1.79 bits per heavy atom. The van der Waals surface area contributed by atoms with Gasteiger partial charge in [-0.05, 0) is 53.8 Å². The van der Waals surface area contributed by atoms with Crippen molar-refractivity contribution in [3.8, 4) is 5.75 Å². The predicted molar refractivity (Wildman–Crippen MR) is 129 cm³/mol. The molecule has 0 radical (unpaired) electrons. The van der Waals surface area contributed by atoms with Crippen LogP contribution in [0.1, 0.15) is 24.1 Å². The Morgan fingerprint density at radius 3 is 2.41 bits per heavy atom. The number of carbonyl (C=O) groups is 1. The van der Waals surface area contributed by atoms with E-state index in [-0.39, 0.29) is 29.0 Å². The van der Waals surface area contributed by atoms with Crippen LogP contribution >= 0.6 is 11.3 Å². The first-order valence-electron chi connectivity index (χ1n) is 10.7. The molecule has 0 aliphatic carbocycles. The van der Waals surface area contributed by atoms with E-state index in [4.69, 9.17) is 4.74 Å². The first kappa shape index (κ1) is 24.1. The molecule has 0 bridgehead atoms. The van der Waals surface area contributed by atoms with E-state index in [0.717, 1.165) is 22.5 Å². The second-order valence-corrected chi connectivity index (χ2v) is 11.0. The lowest BCUT2D eigenvalue weighted by Gasteiger charge is -2.37. The van der Waals surface area contributed by atoms with Gasteiger partial charge >= 0.3 is 0 Å². The number of thiophene rings is 1. The number of ether oxygens (including phenoxy) is 1. The lowest BCUT2D eigenvalue weighted by molar-refractivity contribution is -0.137. The van der Waals surface area contributed by atoms with Gasteiger partial charge in [0.1, 0.15) is 21.8 Å². The standard InChI is InChI=1S/C25H25FN2O4S2/c1-18-25(29)27(17-19-7-11-21(26)12-8-19)23(20-9-13-22(32-2)14-10-20)5-3-15-28(18)34(30,31)24-6-4-16-33-24/h3-14,16,18,23H,15,17H2,1-2H3/b5-3-/t18-,23+/m0/s1. The molecular weight excluding hydrogens is 475 g/mol. The van der Waals surface area contributed by atoms with Gasteiger partial charge in [0.05, 0.1) is 13.2 Å². The summed E-state index contributed by atoms with van der Waals surface area (Å²) in [7, 11) is -2.26. The Balaban J connectivity index is 1.75. The molecule has 6 nitrogen and oxygen atoms in total. The van der Waals surface area contributed by atoms with Crippen molar-refractivity contribution in [3.05, 3.63) is 95.1 Å². The van der Waals surface area contributed by atoms with Crippen LogP contribution in [0.3, 0.4) is 0 Å². The number of halogens is 1. The Morgan fingerprint density at radius 1 is 1.09 bits per heavy atom.